The van der Waals surface area contributed by atoms with Gasteiger partial charge in [0.2, 0.25) is 5.91 Å². The molecule has 1 aromatic heterocycles. The van der Waals surface area contributed by atoms with E-state index in [2.05, 4.69) is 37.6 Å². The molecule has 2 heterocycles. The van der Waals surface area contributed by atoms with E-state index in [0.717, 1.165) is 36.8 Å². The van der Waals surface area contributed by atoms with E-state index in [4.69, 9.17) is 4.63 Å². The largest absolute Gasteiger partial charge is 0.338 e. The summed E-state index contributed by atoms with van der Waals surface area (Å²) in [6.07, 6.45) is 4.58. The van der Waals surface area contributed by atoms with Crippen molar-refractivity contribution in [1.29, 1.82) is 5.26 Å². The second-order valence-corrected chi connectivity index (χ2v) is 14.3. The molecule has 3 atom stereocenters. The number of rotatable bonds is 11. The maximum atomic E-state index is 14.3. The molecule has 0 spiro atoms. The summed E-state index contributed by atoms with van der Waals surface area (Å²) in [5.41, 5.74) is 2.09. The number of nitrogens with zero attached hydrogens (tertiary/aromatic N) is 4. The second kappa shape index (κ2) is 12.7. The highest BCUT2D eigenvalue weighted by Crippen LogP contribution is 2.51. The molecule has 13 nitrogen and oxygen atoms in total. The average Bonchev–Trinajstić information content (AvgIpc) is 3.98. The SMILES string of the molecule is Cc1nonc1C(=O)N[C@H](C(=O)Nc1ccc2c(c1)CC(C(=O)Nc1ccccc1C#N)(N1C[C@@H](C(C)C)NC1=O)C2)C(C1CC1)C1CC1. The Kier molecular flexibility index (Phi) is 8.34. The molecule has 1 aliphatic heterocycles. The molecule has 2 aromatic carbocycles. The van der Waals surface area contributed by atoms with E-state index in [-0.39, 0.29) is 54.3 Å². The van der Waals surface area contributed by atoms with Gasteiger partial charge in [0.25, 0.3) is 11.8 Å². The topological polar surface area (TPSA) is 182 Å². The van der Waals surface area contributed by atoms with E-state index in [1.807, 2.05) is 26.0 Å². The minimum absolute atomic E-state index is 0.00811. The Labute approximate surface area is 284 Å². The highest BCUT2D eigenvalue weighted by molar-refractivity contribution is 6.03. The van der Waals surface area contributed by atoms with E-state index in [1.165, 1.54) is 0 Å². The predicted octanol–water partition coefficient (Wildman–Crippen LogP) is 3.95. The number of hydrogen-bond donors (Lipinski definition) is 4. The molecule has 13 heteroatoms. The van der Waals surface area contributed by atoms with Crippen LogP contribution in [0.15, 0.2) is 47.1 Å². The highest BCUT2D eigenvalue weighted by atomic mass is 16.6. The third kappa shape index (κ3) is 6.23. The summed E-state index contributed by atoms with van der Waals surface area (Å²) in [4.78, 5) is 56.6. The van der Waals surface area contributed by atoms with E-state index >= 15 is 0 Å². The fraction of sp³-hybridized carbons (Fsp3) is 0.472. The number of hydrogen-bond acceptors (Lipinski definition) is 8. The number of aromatic nitrogens is 2. The Morgan fingerprint density at radius 2 is 1.73 bits per heavy atom. The second-order valence-electron chi connectivity index (χ2n) is 14.3. The number of benzene rings is 2. The van der Waals surface area contributed by atoms with Crippen LogP contribution in [0.25, 0.3) is 0 Å². The number of carbonyl (C=O) groups excluding carboxylic acids is 4. The Morgan fingerprint density at radius 1 is 1.02 bits per heavy atom. The van der Waals surface area contributed by atoms with Crippen molar-refractivity contribution in [2.45, 2.75) is 76.9 Å². The summed E-state index contributed by atoms with van der Waals surface area (Å²) < 4.78 is 4.73. The van der Waals surface area contributed by atoms with Crippen LogP contribution >= 0.6 is 0 Å². The summed E-state index contributed by atoms with van der Waals surface area (Å²) >= 11 is 0. The molecule has 1 unspecified atom stereocenters. The van der Waals surface area contributed by atoms with Crippen LogP contribution in [0, 0.1) is 41.9 Å². The molecule has 0 bridgehead atoms. The van der Waals surface area contributed by atoms with Crippen LogP contribution in [-0.4, -0.2) is 63.1 Å². The zero-order chi connectivity index (χ0) is 34.4. The summed E-state index contributed by atoms with van der Waals surface area (Å²) in [6.45, 7) is 6.03. The van der Waals surface area contributed by atoms with Gasteiger partial charge < -0.3 is 26.2 Å². The molecule has 3 fully saturated rings. The first-order chi connectivity index (χ1) is 23.6. The van der Waals surface area contributed by atoms with Crippen molar-refractivity contribution in [2.75, 3.05) is 17.2 Å². The number of amides is 5. The quantitative estimate of drug-likeness (QED) is 0.238. The van der Waals surface area contributed by atoms with Crippen LogP contribution in [0.3, 0.4) is 0 Å². The summed E-state index contributed by atoms with van der Waals surface area (Å²) in [5.74, 6) is -0.302. The first kappa shape index (κ1) is 32.3. The number of carbonyl (C=O) groups is 4. The molecule has 4 N–H and O–H groups in total. The molecule has 49 heavy (non-hydrogen) atoms. The van der Waals surface area contributed by atoms with Gasteiger partial charge in [0.15, 0.2) is 5.69 Å². The van der Waals surface area contributed by atoms with Gasteiger partial charge in [-0.1, -0.05) is 37.2 Å². The van der Waals surface area contributed by atoms with Crippen LogP contribution < -0.4 is 21.3 Å². The molecule has 2 saturated carbocycles. The summed E-state index contributed by atoms with van der Waals surface area (Å²) in [5, 5.41) is 29.1. The third-order valence-corrected chi connectivity index (χ3v) is 10.6. The fourth-order valence-corrected chi connectivity index (χ4v) is 7.54. The van der Waals surface area contributed by atoms with Gasteiger partial charge in [0.05, 0.1) is 17.3 Å². The lowest BCUT2D eigenvalue weighted by Crippen LogP contribution is -2.59. The van der Waals surface area contributed by atoms with Crippen LogP contribution in [0.4, 0.5) is 16.2 Å². The van der Waals surface area contributed by atoms with Crippen molar-refractivity contribution in [3.8, 4) is 6.07 Å². The summed E-state index contributed by atoms with van der Waals surface area (Å²) in [7, 11) is 0. The fourth-order valence-electron chi connectivity index (χ4n) is 7.54. The molecule has 4 aliphatic rings. The molecule has 0 radical (unpaired) electrons. The van der Waals surface area contributed by atoms with Gasteiger partial charge in [-0.25, -0.2) is 9.42 Å². The van der Waals surface area contributed by atoms with Gasteiger partial charge in [0, 0.05) is 25.1 Å². The molecule has 3 aliphatic carbocycles. The standard InChI is InChI=1S/C36H40N8O5/c1-19(2)28-18-44(35(48)40-28)36(34(47)39-27-7-5-4-6-24(27)17-37)15-23-12-13-26(14-25(23)16-36)38-33(46)31(29(21-8-9-21)22-10-11-22)41-32(45)30-20(3)42-49-43-30/h4-7,12-14,19,21-22,28-29,31H,8-11,15-16,18H2,1-3H3,(H,38,46)(H,39,47)(H,40,48)(H,41,45)/t28-,31-,36?/m0/s1. The van der Waals surface area contributed by atoms with Crippen molar-refractivity contribution in [2.24, 2.45) is 23.7 Å². The molecule has 1 saturated heterocycles. The molecular weight excluding hydrogens is 624 g/mol. The summed E-state index contributed by atoms with van der Waals surface area (Å²) in [6, 6.07) is 13.2. The van der Waals surface area contributed by atoms with Gasteiger partial charge in [-0.15, -0.1) is 0 Å². The monoisotopic (exact) mass is 664 g/mol. The minimum atomic E-state index is -1.26. The average molecular weight is 665 g/mol. The lowest BCUT2D eigenvalue weighted by molar-refractivity contribution is -0.125. The normalized spacial score (nSPS) is 22.0. The third-order valence-electron chi connectivity index (χ3n) is 10.6. The van der Waals surface area contributed by atoms with Crippen LogP contribution in [0.5, 0.6) is 0 Å². The van der Waals surface area contributed by atoms with Gasteiger partial charge in [0.1, 0.15) is 23.3 Å². The maximum absolute atomic E-state index is 14.3. The van der Waals surface area contributed by atoms with Crippen LogP contribution in [0.1, 0.15) is 72.4 Å². The minimum Gasteiger partial charge on any atom is -0.338 e. The number of urea groups is 1. The molecular formula is C36H40N8O5. The number of aryl methyl sites for hydroxylation is 1. The maximum Gasteiger partial charge on any atom is 0.318 e. The van der Waals surface area contributed by atoms with Crippen molar-refractivity contribution >= 4 is 35.1 Å². The van der Waals surface area contributed by atoms with Gasteiger partial charge in [-0.2, -0.15) is 5.26 Å². The Morgan fingerprint density at radius 3 is 2.37 bits per heavy atom. The molecule has 7 rings (SSSR count). The van der Waals surface area contributed by atoms with Gasteiger partial charge >= 0.3 is 6.03 Å². The van der Waals surface area contributed by atoms with Crippen molar-refractivity contribution < 1.29 is 23.8 Å². The first-order valence-electron chi connectivity index (χ1n) is 17.0. The van der Waals surface area contributed by atoms with E-state index in [1.54, 1.807) is 42.2 Å². The van der Waals surface area contributed by atoms with Crippen LogP contribution in [0.2, 0.25) is 0 Å². The molecule has 3 aromatic rings. The van der Waals surface area contributed by atoms with Crippen molar-refractivity contribution in [3.05, 3.63) is 70.5 Å². The Balaban J connectivity index is 1.16. The highest BCUT2D eigenvalue weighted by Gasteiger charge is 2.54. The number of anilines is 2. The number of nitrogens with one attached hydrogen (secondary N) is 4. The number of fused-ring (bicyclic) bond motifs is 1. The van der Waals surface area contributed by atoms with E-state index < -0.39 is 17.5 Å². The van der Waals surface area contributed by atoms with Crippen LogP contribution in [-0.2, 0) is 22.4 Å². The van der Waals surface area contributed by atoms with E-state index in [0.29, 0.717) is 41.0 Å². The smallest absolute Gasteiger partial charge is 0.318 e. The van der Waals surface area contributed by atoms with Gasteiger partial charge in [-0.3, -0.25) is 14.4 Å². The van der Waals surface area contributed by atoms with Crippen molar-refractivity contribution in [1.82, 2.24) is 25.8 Å². The Hall–Kier alpha value is -5.25. The predicted molar refractivity (Wildman–Crippen MR) is 178 cm³/mol. The molecule has 5 amide bonds. The number of nitriles is 1. The van der Waals surface area contributed by atoms with Gasteiger partial charge in [-0.05, 0) is 96.8 Å². The first-order valence-corrected chi connectivity index (χ1v) is 17.0. The molecule has 254 valence electrons. The van der Waals surface area contributed by atoms with E-state index in [9.17, 15) is 24.4 Å². The number of para-hydroxylation sites is 1. The zero-order valence-electron chi connectivity index (χ0n) is 27.8. The zero-order valence-corrected chi connectivity index (χ0v) is 27.8. The Bertz CT molecular complexity index is 1850. The lowest BCUT2D eigenvalue weighted by Gasteiger charge is -2.36. The lowest BCUT2D eigenvalue weighted by atomic mass is 9.88. The van der Waals surface area contributed by atoms with Crippen molar-refractivity contribution in [3.63, 3.8) is 0 Å².